The van der Waals surface area contributed by atoms with Crippen LogP contribution in [0.1, 0.15) is 10.4 Å². The Morgan fingerprint density at radius 1 is 1.25 bits per heavy atom. The van der Waals surface area contributed by atoms with Gasteiger partial charge in [-0.15, -0.1) is 11.3 Å². The summed E-state index contributed by atoms with van der Waals surface area (Å²) in [4.78, 5) is 10.4. The minimum atomic E-state index is 0.241. The van der Waals surface area contributed by atoms with Crippen molar-refractivity contribution < 1.29 is 4.74 Å². The van der Waals surface area contributed by atoms with Crippen LogP contribution >= 0.6 is 27.3 Å². The van der Waals surface area contributed by atoms with Crippen LogP contribution < -0.4 is 10.5 Å². The summed E-state index contributed by atoms with van der Waals surface area (Å²) in [5.41, 5.74) is 6.80. The minimum absolute atomic E-state index is 0.241. The molecular weight excluding hydrogens is 338 g/mol. The maximum atomic E-state index is 5.80. The van der Waals surface area contributed by atoms with Crippen molar-refractivity contribution in [1.29, 1.82) is 0 Å². The van der Waals surface area contributed by atoms with Crippen LogP contribution in [-0.2, 0) is 6.61 Å². The second-order valence-corrected chi connectivity index (χ2v) is 6.53. The molecule has 1 aromatic carbocycles. The molecule has 3 aromatic rings. The van der Waals surface area contributed by atoms with Crippen molar-refractivity contribution in [3.63, 3.8) is 0 Å². The summed E-state index contributed by atoms with van der Waals surface area (Å²) in [5.74, 6) is 0.782. The zero-order valence-corrected chi connectivity index (χ0v) is 13.2. The predicted octanol–water partition coefficient (Wildman–Crippen LogP) is 3.92. The summed E-state index contributed by atoms with van der Waals surface area (Å²) < 4.78 is 6.84. The summed E-state index contributed by atoms with van der Waals surface area (Å²) in [5, 5.41) is 0.916. The summed E-state index contributed by atoms with van der Waals surface area (Å²) in [6.45, 7) is 2.48. The fourth-order valence-corrected chi connectivity index (χ4v) is 3.02. The van der Waals surface area contributed by atoms with E-state index < -0.39 is 0 Å². The van der Waals surface area contributed by atoms with E-state index in [1.165, 1.54) is 0 Å². The van der Waals surface area contributed by atoms with E-state index in [2.05, 4.69) is 25.9 Å². The minimum Gasteiger partial charge on any atom is -0.472 e. The Balaban J connectivity index is 1.88. The van der Waals surface area contributed by atoms with Crippen LogP contribution in [0.3, 0.4) is 0 Å². The third-order valence-electron chi connectivity index (χ3n) is 2.79. The second kappa shape index (κ2) is 5.38. The number of thiophene rings is 1. The number of nitrogen functional groups attached to an aromatic ring is 1. The van der Waals surface area contributed by atoms with E-state index in [0.29, 0.717) is 12.5 Å². The fraction of sp³-hybridized carbons (Fsp3) is 0.143. The van der Waals surface area contributed by atoms with Crippen LogP contribution in [-0.4, -0.2) is 9.97 Å². The molecule has 3 rings (SSSR count). The molecule has 0 bridgehead atoms. The third kappa shape index (κ3) is 2.76. The van der Waals surface area contributed by atoms with Gasteiger partial charge in [-0.1, -0.05) is 28.1 Å². The number of fused-ring (bicyclic) bond motifs is 1. The SMILES string of the molecule is Cc1cc2c(OCc3ccc(Br)cc3)nc(N)nc2s1. The molecule has 0 aliphatic rings. The highest BCUT2D eigenvalue weighted by atomic mass is 79.9. The van der Waals surface area contributed by atoms with Crippen LogP contribution in [0, 0.1) is 6.92 Å². The lowest BCUT2D eigenvalue weighted by Gasteiger charge is -2.07. The van der Waals surface area contributed by atoms with Crippen molar-refractivity contribution in [3.8, 4) is 5.88 Å². The van der Waals surface area contributed by atoms with Gasteiger partial charge in [0, 0.05) is 9.35 Å². The van der Waals surface area contributed by atoms with Gasteiger partial charge < -0.3 is 10.5 Å². The number of hydrogen-bond donors (Lipinski definition) is 1. The first kappa shape index (κ1) is 13.3. The monoisotopic (exact) mass is 349 g/mol. The predicted molar refractivity (Wildman–Crippen MR) is 85.0 cm³/mol. The highest BCUT2D eigenvalue weighted by Crippen LogP contribution is 2.30. The Morgan fingerprint density at radius 3 is 2.75 bits per heavy atom. The smallest absolute Gasteiger partial charge is 0.227 e. The molecule has 0 fully saturated rings. The van der Waals surface area contributed by atoms with Crippen molar-refractivity contribution in [2.45, 2.75) is 13.5 Å². The maximum Gasteiger partial charge on any atom is 0.227 e. The molecule has 6 heteroatoms. The molecule has 0 amide bonds. The van der Waals surface area contributed by atoms with E-state index >= 15 is 0 Å². The van der Waals surface area contributed by atoms with Gasteiger partial charge in [0.2, 0.25) is 11.8 Å². The molecule has 20 heavy (non-hydrogen) atoms. The van der Waals surface area contributed by atoms with Gasteiger partial charge in [-0.05, 0) is 30.7 Å². The summed E-state index contributed by atoms with van der Waals surface area (Å²) in [6.07, 6.45) is 0. The molecule has 0 spiro atoms. The topological polar surface area (TPSA) is 61.0 Å². The molecule has 2 N–H and O–H groups in total. The number of aromatic nitrogens is 2. The van der Waals surface area contributed by atoms with Crippen molar-refractivity contribution in [3.05, 3.63) is 45.2 Å². The first-order valence-electron chi connectivity index (χ1n) is 6.03. The number of anilines is 1. The van der Waals surface area contributed by atoms with E-state index in [9.17, 15) is 0 Å². The Hall–Kier alpha value is -1.66. The van der Waals surface area contributed by atoms with Crippen LogP contribution in [0.4, 0.5) is 5.95 Å². The average Bonchev–Trinajstić information content (AvgIpc) is 2.78. The molecule has 0 radical (unpaired) electrons. The van der Waals surface area contributed by atoms with Crippen molar-refractivity contribution in [2.75, 3.05) is 5.73 Å². The molecule has 0 saturated heterocycles. The molecule has 2 heterocycles. The zero-order chi connectivity index (χ0) is 14.1. The number of benzene rings is 1. The lowest BCUT2D eigenvalue weighted by molar-refractivity contribution is 0.298. The van der Waals surface area contributed by atoms with Gasteiger partial charge in [-0.3, -0.25) is 0 Å². The van der Waals surface area contributed by atoms with Crippen LogP contribution in [0.15, 0.2) is 34.8 Å². The van der Waals surface area contributed by atoms with Gasteiger partial charge in [0.05, 0.1) is 5.39 Å². The van der Waals surface area contributed by atoms with Crippen LogP contribution in [0.5, 0.6) is 5.88 Å². The molecule has 4 nitrogen and oxygen atoms in total. The average molecular weight is 350 g/mol. The molecule has 0 aliphatic carbocycles. The Morgan fingerprint density at radius 2 is 2.00 bits per heavy atom. The maximum absolute atomic E-state index is 5.80. The largest absolute Gasteiger partial charge is 0.472 e. The Kier molecular flexibility index (Phi) is 3.58. The molecule has 102 valence electrons. The number of halogens is 1. The first-order chi connectivity index (χ1) is 9.61. The third-order valence-corrected chi connectivity index (χ3v) is 4.26. The molecule has 2 aromatic heterocycles. The molecule has 0 aliphatic heterocycles. The molecular formula is C14H12BrN3OS. The quantitative estimate of drug-likeness (QED) is 0.778. The molecule has 0 saturated carbocycles. The van der Waals surface area contributed by atoms with Crippen molar-refractivity contribution in [1.82, 2.24) is 9.97 Å². The highest BCUT2D eigenvalue weighted by Gasteiger charge is 2.10. The van der Waals surface area contributed by atoms with Gasteiger partial charge in [0.25, 0.3) is 0 Å². The van der Waals surface area contributed by atoms with E-state index in [-0.39, 0.29) is 5.95 Å². The van der Waals surface area contributed by atoms with Crippen molar-refractivity contribution >= 4 is 43.4 Å². The van der Waals surface area contributed by atoms with Gasteiger partial charge in [-0.2, -0.15) is 4.98 Å². The van der Waals surface area contributed by atoms with Gasteiger partial charge in [0.15, 0.2) is 0 Å². The number of nitrogens with zero attached hydrogens (tertiary/aromatic N) is 2. The second-order valence-electron chi connectivity index (χ2n) is 4.38. The van der Waals surface area contributed by atoms with Crippen LogP contribution in [0.25, 0.3) is 10.2 Å². The number of rotatable bonds is 3. The number of aryl methyl sites for hydroxylation is 1. The van der Waals surface area contributed by atoms with Gasteiger partial charge in [0.1, 0.15) is 11.4 Å². The fourth-order valence-electron chi connectivity index (χ4n) is 1.87. The molecule has 0 unspecified atom stereocenters. The first-order valence-corrected chi connectivity index (χ1v) is 7.63. The zero-order valence-electron chi connectivity index (χ0n) is 10.8. The Bertz CT molecular complexity index is 755. The van der Waals surface area contributed by atoms with E-state index in [4.69, 9.17) is 10.5 Å². The summed E-state index contributed by atoms with van der Waals surface area (Å²) in [7, 11) is 0. The number of nitrogens with two attached hydrogens (primary N) is 1. The summed E-state index contributed by atoms with van der Waals surface area (Å²) >= 11 is 5.00. The lowest BCUT2D eigenvalue weighted by atomic mass is 10.2. The standard InChI is InChI=1S/C14H12BrN3OS/c1-8-6-11-12(17-14(16)18-13(11)20-8)19-7-9-2-4-10(15)5-3-9/h2-6H,7H2,1H3,(H2,16,17,18). The van der Waals surface area contributed by atoms with E-state index in [0.717, 1.165) is 25.1 Å². The van der Waals surface area contributed by atoms with Gasteiger partial charge >= 0.3 is 0 Å². The molecule has 0 atom stereocenters. The summed E-state index contributed by atoms with van der Waals surface area (Å²) in [6, 6.07) is 10.0. The highest BCUT2D eigenvalue weighted by molar-refractivity contribution is 9.10. The Labute approximate surface area is 128 Å². The normalized spacial score (nSPS) is 10.9. The van der Waals surface area contributed by atoms with E-state index in [1.807, 2.05) is 37.3 Å². The lowest BCUT2D eigenvalue weighted by Crippen LogP contribution is -2.01. The number of ether oxygens (including phenoxy) is 1. The van der Waals surface area contributed by atoms with E-state index in [1.54, 1.807) is 11.3 Å². The number of hydrogen-bond acceptors (Lipinski definition) is 5. The van der Waals surface area contributed by atoms with Gasteiger partial charge in [-0.25, -0.2) is 4.98 Å². The van der Waals surface area contributed by atoms with Crippen molar-refractivity contribution in [2.24, 2.45) is 0 Å². The van der Waals surface area contributed by atoms with Crippen LogP contribution in [0.2, 0.25) is 0 Å².